The van der Waals surface area contributed by atoms with Crippen molar-refractivity contribution >= 4 is 43.5 Å². The third-order valence-electron chi connectivity index (χ3n) is 10.3. The van der Waals surface area contributed by atoms with E-state index in [1.54, 1.807) is 0 Å². The lowest BCUT2D eigenvalue weighted by Gasteiger charge is -2.12. The zero-order valence-corrected chi connectivity index (χ0v) is 27.3. The van der Waals surface area contributed by atoms with Crippen molar-refractivity contribution in [2.45, 2.75) is 0 Å². The predicted molar refractivity (Wildman–Crippen MR) is 208 cm³/mol. The van der Waals surface area contributed by atoms with Crippen LogP contribution in [0.2, 0.25) is 0 Å². The van der Waals surface area contributed by atoms with Crippen LogP contribution in [0.25, 0.3) is 111 Å². The third kappa shape index (κ3) is 4.30. The van der Waals surface area contributed by atoms with Crippen LogP contribution in [-0.2, 0) is 0 Å². The van der Waals surface area contributed by atoms with E-state index in [4.69, 9.17) is 19.4 Å². The molecule has 0 N–H and O–H groups in total. The molecule has 4 heteroatoms. The van der Waals surface area contributed by atoms with E-state index in [0.29, 0.717) is 17.5 Å². The maximum Gasteiger partial charge on any atom is 0.164 e. The second kappa shape index (κ2) is 10.8. The molecular weight excluding hydrogens is 623 g/mol. The number of hydrogen-bond acceptors (Lipinski definition) is 4. The average Bonchev–Trinajstić information content (AvgIpc) is 3.75. The van der Waals surface area contributed by atoms with Crippen molar-refractivity contribution in [3.05, 3.63) is 164 Å². The molecule has 11 rings (SSSR count). The number of aromatic nitrogens is 3. The first kappa shape index (κ1) is 28.0. The summed E-state index contributed by atoms with van der Waals surface area (Å²) in [6.07, 6.45) is 0. The van der Waals surface area contributed by atoms with E-state index in [1.807, 2.05) is 42.5 Å². The Hall–Kier alpha value is -6.91. The Balaban J connectivity index is 1.14. The number of furan rings is 1. The molecular formula is C47H27N3O. The Bertz CT molecular complexity index is 3030. The van der Waals surface area contributed by atoms with Gasteiger partial charge in [0.05, 0.1) is 0 Å². The highest BCUT2D eigenvalue weighted by atomic mass is 16.3. The summed E-state index contributed by atoms with van der Waals surface area (Å²) < 4.78 is 6.75. The van der Waals surface area contributed by atoms with Gasteiger partial charge >= 0.3 is 0 Å². The van der Waals surface area contributed by atoms with Crippen molar-refractivity contribution in [2.75, 3.05) is 0 Å². The van der Waals surface area contributed by atoms with E-state index in [1.165, 1.54) is 38.4 Å². The summed E-state index contributed by atoms with van der Waals surface area (Å²) >= 11 is 0. The lowest BCUT2D eigenvalue weighted by molar-refractivity contribution is 0.670. The van der Waals surface area contributed by atoms with E-state index in [2.05, 4.69) is 121 Å². The van der Waals surface area contributed by atoms with Gasteiger partial charge in [0.1, 0.15) is 11.2 Å². The van der Waals surface area contributed by atoms with Crippen molar-refractivity contribution in [1.82, 2.24) is 15.0 Å². The molecule has 0 unspecified atom stereocenters. The van der Waals surface area contributed by atoms with Gasteiger partial charge in [-0.2, -0.15) is 0 Å². The number of rotatable bonds is 4. The molecule has 10 aromatic rings. The fourth-order valence-corrected chi connectivity index (χ4v) is 7.87. The molecule has 51 heavy (non-hydrogen) atoms. The SMILES string of the molecule is c1ccc(-c2nc(-c3ccc4ccccc4c3)nc(-c3ccc(-c4ccc5c(c4)-c4cccc6cccc-5c46)c4oc5ccccc5c34)n2)cc1. The number of para-hydroxylation sites is 1. The number of hydrogen-bond donors (Lipinski definition) is 0. The van der Waals surface area contributed by atoms with E-state index in [-0.39, 0.29) is 0 Å². The minimum atomic E-state index is 0.603. The van der Waals surface area contributed by atoms with Crippen LogP contribution in [0.3, 0.4) is 0 Å². The van der Waals surface area contributed by atoms with Gasteiger partial charge in [-0.1, -0.05) is 133 Å². The fourth-order valence-electron chi connectivity index (χ4n) is 7.87. The van der Waals surface area contributed by atoms with Crippen LogP contribution >= 0.6 is 0 Å². The van der Waals surface area contributed by atoms with Crippen LogP contribution < -0.4 is 0 Å². The molecule has 0 saturated heterocycles. The quantitative estimate of drug-likeness (QED) is 0.190. The van der Waals surface area contributed by atoms with Crippen LogP contribution in [-0.4, -0.2) is 15.0 Å². The lowest BCUT2D eigenvalue weighted by atomic mass is 9.94. The minimum Gasteiger partial charge on any atom is -0.455 e. The summed E-state index contributed by atoms with van der Waals surface area (Å²) in [7, 11) is 0. The van der Waals surface area contributed by atoms with Crippen molar-refractivity contribution in [2.24, 2.45) is 0 Å². The summed E-state index contributed by atoms with van der Waals surface area (Å²) in [5.74, 6) is 1.86. The molecule has 0 fully saturated rings. The van der Waals surface area contributed by atoms with Gasteiger partial charge in [-0.3, -0.25) is 0 Å². The van der Waals surface area contributed by atoms with Crippen LogP contribution in [0, 0.1) is 0 Å². The molecule has 8 aromatic carbocycles. The largest absolute Gasteiger partial charge is 0.455 e. The molecule has 0 amide bonds. The summed E-state index contributed by atoms with van der Waals surface area (Å²) in [5.41, 5.74) is 11.6. The van der Waals surface area contributed by atoms with Crippen molar-refractivity contribution < 1.29 is 4.42 Å². The molecule has 0 atom stereocenters. The van der Waals surface area contributed by atoms with Gasteiger partial charge in [-0.15, -0.1) is 0 Å². The zero-order chi connectivity index (χ0) is 33.5. The molecule has 0 bridgehead atoms. The third-order valence-corrected chi connectivity index (χ3v) is 10.3. The van der Waals surface area contributed by atoms with Gasteiger partial charge in [0.25, 0.3) is 0 Å². The first-order chi connectivity index (χ1) is 25.3. The van der Waals surface area contributed by atoms with Crippen molar-refractivity contribution in [3.63, 3.8) is 0 Å². The van der Waals surface area contributed by atoms with Gasteiger partial charge in [-0.25, -0.2) is 15.0 Å². The molecule has 1 aliphatic carbocycles. The van der Waals surface area contributed by atoms with E-state index in [0.717, 1.165) is 55.1 Å². The Morgan fingerprint density at radius 3 is 1.84 bits per heavy atom. The van der Waals surface area contributed by atoms with Gasteiger partial charge in [0.15, 0.2) is 17.5 Å². The van der Waals surface area contributed by atoms with Gasteiger partial charge in [-0.05, 0) is 79.7 Å². The van der Waals surface area contributed by atoms with Crippen LogP contribution in [0.1, 0.15) is 0 Å². The highest BCUT2D eigenvalue weighted by molar-refractivity contribution is 6.18. The molecule has 1 aliphatic rings. The predicted octanol–water partition coefficient (Wildman–Crippen LogP) is 12.4. The highest BCUT2D eigenvalue weighted by Crippen LogP contribution is 2.49. The molecule has 2 heterocycles. The van der Waals surface area contributed by atoms with Gasteiger partial charge in [0, 0.05) is 33.0 Å². The van der Waals surface area contributed by atoms with E-state index < -0.39 is 0 Å². The second-order valence-electron chi connectivity index (χ2n) is 13.2. The summed E-state index contributed by atoms with van der Waals surface area (Å²) in [5, 5.41) is 6.91. The number of benzene rings is 8. The smallest absolute Gasteiger partial charge is 0.164 e. The maximum atomic E-state index is 6.75. The van der Waals surface area contributed by atoms with E-state index in [9.17, 15) is 0 Å². The topological polar surface area (TPSA) is 51.8 Å². The molecule has 0 spiro atoms. The molecule has 4 nitrogen and oxygen atoms in total. The number of nitrogens with zero attached hydrogens (tertiary/aromatic N) is 3. The lowest BCUT2D eigenvalue weighted by Crippen LogP contribution is -2.00. The first-order valence-corrected chi connectivity index (χ1v) is 17.2. The summed E-state index contributed by atoms with van der Waals surface area (Å²) in [6.45, 7) is 0. The molecule has 2 aromatic heterocycles. The van der Waals surface area contributed by atoms with Crippen molar-refractivity contribution in [3.8, 4) is 67.5 Å². The molecule has 0 saturated carbocycles. The van der Waals surface area contributed by atoms with Crippen LogP contribution in [0.5, 0.6) is 0 Å². The Morgan fingerprint density at radius 2 is 0.980 bits per heavy atom. The summed E-state index contributed by atoms with van der Waals surface area (Å²) in [6, 6.07) is 57.4. The molecule has 236 valence electrons. The standard InChI is InChI=1S/C47H27N3O/c1-2-11-30(12-3-1)45-48-46(33-21-20-28-10-4-5-13-31(28)26-33)50-47(49-45)39-25-24-34(44-43(39)38-16-6-7-19-41(38)51-44)32-22-23-35-36-17-8-14-29-15-9-18-37(42(29)36)40(35)27-32/h1-27H. The Morgan fingerprint density at radius 1 is 0.333 bits per heavy atom. The van der Waals surface area contributed by atoms with Crippen LogP contribution in [0.15, 0.2) is 168 Å². The molecule has 0 aliphatic heterocycles. The molecule has 0 radical (unpaired) electrons. The monoisotopic (exact) mass is 649 g/mol. The second-order valence-corrected chi connectivity index (χ2v) is 13.2. The fraction of sp³-hybridized carbons (Fsp3) is 0. The maximum absolute atomic E-state index is 6.75. The summed E-state index contributed by atoms with van der Waals surface area (Å²) in [4.78, 5) is 15.3. The normalized spacial score (nSPS) is 11.9. The van der Waals surface area contributed by atoms with Gasteiger partial charge in [0.2, 0.25) is 0 Å². The highest BCUT2D eigenvalue weighted by Gasteiger charge is 2.24. The van der Waals surface area contributed by atoms with Crippen molar-refractivity contribution in [1.29, 1.82) is 0 Å². The number of fused-ring (bicyclic) bond motifs is 7. The minimum absolute atomic E-state index is 0.603. The Labute approximate surface area is 293 Å². The van der Waals surface area contributed by atoms with Gasteiger partial charge < -0.3 is 4.42 Å². The first-order valence-electron chi connectivity index (χ1n) is 17.2. The zero-order valence-electron chi connectivity index (χ0n) is 27.3. The average molecular weight is 650 g/mol. The van der Waals surface area contributed by atoms with E-state index >= 15 is 0 Å². The van der Waals surface area contributed by atoms with Crippen LogP contribution in [0.4, 0.5) is 0 Å². The Kier molecular flexibility index (Phi) is 5.92.